The predicted octanol–water partition coefficient (Wildman–Crippen LogP) is 6.89. The summed E-state index contributed by atoms with van der Waals surface area (Å²) in [5.41, 5.74) is -0.168. The van der Waals surface area contributed by atoms with Gasteiger partial charge >= 0.3 is 5.97 Å². The minimum Gasteiger partial charge on any atom is -0.492 e. The molecule has 0 heterocycles. The van der Waals surface area contributed by atoms with Crippen LogP contribution in [0.2, 0.25) is 23.2 Å². The van der Waals surface area contributed by atoms with E-state index < -0.39 is 20.1 Å². The van der Waals surface area contributed by atoms with Gasteiger partial charge in [0.25, 0.3) is 0 Å². The van der Waals surface area contributed by atoms with Crippen LogP contribution in [0.3, 0.4) is 0 Å². The molecule has 198 valence electrons. The average Bonchev–Trinajstić information content (AvgIpc) is 2.71. The summed E-state index contributed by atoms with van der Waals surface area (Å²) >= 11 is 9.86. The molecule has 1 atom stereocenters. The van der Waals surface area contributed by atoms with E-state index in [-0.39, 0.29) is 39.3 Å². The molecule has 1 aromatic carbocycles. The monoisotopic (exact) mass is 589 g/mol. The SMILES string of the molecule is CCOC(=O)C(=CN[C@H](CCC(C)(C)[Si](C)(C)O)C(C)(C)C)C(=O)c1cc(Br)cc(OCC)c1Cl. The molecule has 0 fully saturated rings. The van der Waals surface area contributed by atoms with Gasteiger partial charge in [-0.05, 0) is 62.4 Å². The first-order valence-electron chi connectivity index (χ1n) is 12.0. The third-order valence-electron chi connectivity index (χ3n) is 6.48. The Kier molecular flexibility index (Phi) is 11.5. The molecule has 0 unspecified atom stereocenters. The van der Waals surface area contributed by atoms with E-state index in [9.17, 15) is 14.4 Å². The molecule has 2 N–H and O–H groups in total. The molecule has 0 aliphatic heterocycles. The van der Waals surface area contributed by atoms with Gasteiger partial charge in [0, 0.05) is 22.3 Å². The van der Waals surface area contributed by atoms with Crippen molar-refractivity contribution in [3.63, 3.8) is 0 Å². The molecule has 6 nitrogen and oxygen atoms in total. The lowest BCUT2D eigenvalue weighted by Crippen LogP contribution is -2.43. The minimum atomic E-state index is -2.37. The summed E-state index contributed by atoms with van der Waals surface area (Å²) in [6.07, 6.45) is 2.99. The summed E-state index contributed by atoms with van der Waals surface area (Å²) in [6.45, 7) is 18.4. The summed E-state index contributed by atoms with van der Waals surface area (Å²) in [6, 6.07) is 3.18. The van der Waals surface area contributed by atoms with Gasteiger partial charge in [-0.25, -0.2) is 4.79 Å². The molecule has 0 radical (unpaired) electrons. The van der Waals surface area contributed by atoms with Gasteiger partial charge in [-0.2, -0.15) is 0 Å². The summed E-state index contributed by atoms with van der Waals surface area (Å²) in [5.74, 6) is -0.926. The molecule has 0 amide bonds. The van der Waals surface area contributed by atoms with Gasteiger partial charge in [-0.1, -0.05) is 62.1 Å². The number of benzene rings is 1. The third kappa shape index (κ3) is 8.92. The molecular formula is C26H41BrClNO5Si. The number of hydrogen-bond donors (Lipinski definition) is 2. The summed E-state index contributed by atoms with van der Waals surface area (Å²) in [4.78, 5) is 37.0. The highest BCUT2D eigenvalue weighted by atomic mass is 79.9. The molecule has 0 saturated heterocycles. The van der Waals surface area contributed by atoms with Crippen molar-refractivity contribution in [2.75, 3.05) is 13.2 Å². The first kappa shape index (κ1) is 31.7. The van der Waals surface area contributed by atoms with Crippen LogP contribution in [-0.2, 0) is 9.53 Å². The highest BCUT2D eigenvalue weighted by Gasteiger charge is 2.39. The second-order valence-corrected chi connectivity index (χ2v) is 16.6. The van der Waals surface area contributed by atoms with E-state index in [2.05, 4.69) is 55.9 Å². The van der Waals surface area contributed by atoms with Crippen LogP contribution in [0.1, 0.15) is 71.7 Å². The molecule has 0 bridgehead atoms. The van der Waals surface area contributed by atoms with Gasteiger partial charge in [0.15, 0.2) is 8.32 Å². The van der Waals surface area contributed by atoms with E-state index in [1.807, 2.05) is 20.0 Å². The Morgan fingerprint density at radius 3 is 2.26 bits per heavy atom. The van der Waals surface area contributed by atoms with Crippen LogP contribution in [-0.4, -0.2) is 44.1 Å². The Hall–Kier alpha value is -1.35. The van der Waals surface area contributed by atoms with Crippen molar-refractivity contribution in [2.45, 2.75) is 85.5 Å². The predicted molar refractivity (Wildman–Crippen MR) is 149 cm³/mol. The van der Waals surface area contributed by atoms with Gasteiger partial charge < -0.3 is 19.6 Å². The molecule has 1 rings (SSSR count). The highest BCUT2D eigenvalue weighted by molar-refractivity contribution is 9.10. The van der Waals surface area contributed by atoms with Gasteiger partial charge in [0.1, 0.15) is 11.3 Å². The van der Waals surface area contributed by atoms with E-state index in [1.54, 1.807) is 19.1 Å². The zero-order chi connectivity index (χ0) is 27.2. The first-order chi connectivity index (χ1) is 16.0. The number of hydrogen-bond acceptors (Lipinski definition) is 6. The summed E-state index contributed by atoms with van der Waals surface area (Å²) in [5, 5.41) is 3.26. The van der Waals surface area contributed by atoms with Crippen LogP contribution < -0.4 is 10.1 Å². The zero-order valence-corrected chi connectivity index (χ0v) is 25.8. The lowest BCUT2D eigenvalue weighted by molar-refractivity contribution is -0.138. The van der Waals surface area contributed by atoms with Crippen molar-refractivity contribution in [1.29, 1.82) is 0 Å². The number of nitrogens with one attached hydrogen (secondary N) is 1. The Morgan fingerprint density at radius 2 is 1.77 bits per heavy atom. The Balaban J connectivity index is 3.39. The zero-order valence-electron chi connectivity index (χ0n) is 22.5. The number of halogens is 2. The van der Waals surface area contributed by atoms with E-state index >= 15 is 0 Å². The quantitative estimate of drug-likeness (QED) is 0.0688. The highest BCUT2D eigenvalue weighted by Crippen LogP contribution is 2.41. The molecule has 0 aliphatic rings. The average molecular weight is 591 g/mol. The van der Waals surface area contributed by atoms with Crippen molar-refractivity contribution >= 4 is 47.6 Å². The standard InChI is InChI=1S/C26H41BrClNO5Si/c1-10-33-20-15-17(27)14-18(22(20)28)23(30)19(24(31)34-11-2)16-29-21(25(3,4)5)12-13-26(6,7)35(8,9)32/h14-16,21,29,32H,10-13H2,1-9H3/t21-/m1/s1. The van der Waals surface area contributed by atoms with Crippen molar-refractivity contribution in [3.8, 4) is 5.75 Å². The lowest BCUT2D eigenvalue weighted by atomic mass is 9.82. The topological polar surface area (TPSA) is 84.9 Å². The molecule has 35 heavy (non-hydrogen) atoms. The van der Waals surface area contributed by atoms with Gasteiger partial charge in [-0.15, -0.1) is 0 Å². The second kappa shape index (κ2) is 12.7. The number of carbonyl (C=O) groups excluding carboxylic acids is 2. The van der Waals surface area contributed by atoms with Crippen LogP contribution in [0.5, 0.6) is 5.75 Å². The van der Waals surface area contributed by atoms with Crippen molar-refractivity contribution in [3.05, 3.63) is 39.0 Å². The minimum absolute atomic E-state index is 0.0627. The molecule has 1 aromatic rings. The Morgan fingerprint density at radius 1 is 1.17 bits per heavy atom. The number of Topliss-reactive ketones (excluding diaryl/α,β-unsaturated/α-hetero) is 1. The first-order valence-corrected chi connectivity index (χ1v) is 16.1. The molecule has 0 aromatic heterocycles. The van der Waals surface area contributed by atoms with Gasteiger partial charge in [0.2, 0.25) is 5.78 Å². The van der Waals surface area contributed by atoms with E-state index in [1.165, 1.54) is 6.20 Å². The Labute approximate surface area is 225 Å². The van der Waals surface area contributed by atoms with Crippen molar-refractivity contribution in [1.82, 2.24) is 5.32 Å². The van der Waals surface area contributed by atoms with Crippen LogP contribution in [0.4, 0.5) is 0 Å². The lowest BCUT2D eigenvalue weighted by Gasteiger charge is -2.38. The van der Waals surface area contributed by atoms with Crippen molar-refractivity contribution in [2.24, 2.45) is 5.41 Å². The van der Waals surface area contributed by atoms with Crippen LogP contribution in [0.15, 0.2) is 28.4 Å². The maximum absolute atomic E-state index is 13.5. The van der Waals surface area contributed by atoms with E-state index in [0.29, 0.717) is 16.8 Å². The maximum Gasteiger partial charge on any atom is 0.343 e. The van der Waals surface area contributed by atoms with Crippen LogP contribution >= 0.6 is 27.5 Å². The number of ether oxygens (including phenoxy) is 2. The maximum atomic E-state index is 13.5. The van der Waals surface area contributed by atoms with E-state index in [4.69, 9.17) is 21.1 Å². The molecule has 0 saturated carbocycles. The van der Waals surface area contributed by atoms with Crippen LogP contribution in [0, 0.1) is 5.41 Å². The largest absolute Gasteiger partial charge is 0.492 e. The summed E-state index contributed by atoms with van der Waals surface area (Å²) < 4.78 is 11.3. The normalized spacial score (nSPS) is 13.9. The molecule has 9 heteroatoms. The number of rotatable bonds is 12. The summed E-state index contributed by atoms with van der Waals surface area (Å²) in [7, 11) is -2.37. The van der Waals surface area contributed by atoms with Gasteiger partial charge in [0.05, 0.1) is 18.2 Å². The third-order valence-corrected chi connectivity index (χ3v) is 10.9. The number of ketones is 1. The smallest absolute Gasteiger partial charge is 0.343 e. The van der Waals surface area contributed by atoms with Gasteiger partial charge in [-0.3, -0.25) is 4.79 Å². The fraction of sp³-hybridized carbons (Fsp3) is 0.615. The molecular weight excluding hydrogens is 550 g/mol. The molecule has 0 spiro atoms. The fourth-order valence-electron chi connectivity index (χ4n) is 3.32. The van der Waals surface area contributed by atoms with Crippen molar-refractivity contribution < 1.29 is 23.9 Å². The Bertz CT molecular complexity index is 935. The molecule has 0 aliphatic carbocycles. The van der Waals surface area contributed by atoms with E-state index in [0.717, 1.165) is 12.8 Å². The number of esters is 1. The number of carbonyl (C=O) groups is 2. The fourth-order valence-corrected chi connectivity index (χ4v) is 4.76. The van der Waals surface area contributed by atoms with Crippen LogP contribution in [0.25, 0.3) is 0 Å². The second-order valence-electron chi connectivity index (χ2n) is 10.9.